The molecule has 1 N–H and O–H groups in total. The van der Waals surface area contributed by atoms with Gasteiger partial charge in [0.05, 0.1) is 10.5 Å². The monoisotopic (exact) mass is 430 g/mol. The predicted molar refractivity (Wildman–Crippen MR) is 114 cm³/mol. The number of benzene rings is 2. The van der Waals surface area contributed by atoms with Gasteiger partial charge < -0.3 is 10.1 Å². The van der Waals surface area contributed by atoms with Crippen molar-refractivity contribution in [2.45, 2.75) is 37.5 Å². The predicted octanol–water partition coefficient (Wildman–Crippen LogP) is 3.36. The number of sulfonamides is 1. The van der Waals surface area contributed by atoms with Crippen LogP contribution in [0, 0.1) is 6.92 Å². The van der Waals surface area contributed by atoms with Crippen LogP contribution in [0.4, 0.5) is 5.69 Å². The topological polar surface area (TPSA) is 92.8 Å². The average Bonchev–Trinajstić information content (AvgIpc) is 3.04. The maximum atomic E-state index is 13.1. The van der Waals surface area contributed by atoms with Gasteiger partial charge in [-0.15, -0.1) is 0 Å². The molecule has 8 heteroatoms. The number of esters is 1. The molecule has 1 amide bonds. The van der Waals surface area contributed by atoms with Crippen molar-refractivity contribution < 1.29 is 22.7 Å². The molecule has 7 nitrogen and oxygen atoms in total. The van der Waals surface area contributed by atoms with Gasteiger partial charge in [0.1, 0.15) is 0 Å². The summed E-state index contributed by atoms with van der Waals surface area (Å²) < 4.78 is 32.8. The average molecular weight is 431 g/mol. The summed E-state index contributed by atoms with van der Waals surface area (Å²) in [5.74, 6) is -1.14. The zero-order valence-corrected chi connectivity index (χ0v) is 17.8. The van der Waals surface area contributed by atoms with Crippen LogP contribution >= 0.6 is 0 Å². The molecule has 1 fully saturated rings. The first-order valence-corrected chi connectivity index (χ1v) is 11.4. The number of aryl methyl sites for hydroxylation is 1. The van der Waals surface area contributed by atoms with Gasteiger partial charge in [0.25, 0.3) is 5.91 Å². The summed E-state index contributed by atoms with van der Waals surface area (Å²) in [6.07, 6.45) is 3.76. The summed E-state index contributed by atoms with van der Waals surface area (Å²) in [5, 5.41) is 2.60. The fraction of sp³-hybridized carbons (Fsp3) is 0.364. The number of carbonyl (C=O) groups excluding carboxylic acids is 2. The summed E-state index contributed by atoms with van der Waals surface area (Å²) in [6.45, 7) is 2.29. The molecule has 1 saturated heterocycles. The summed E-state index contributed by atoms with van der Waals surface area (Å²) in [6, 6.07) is 13.1. The third-order valence-electron chi connectivity index (χ3n) is 5.00. The number of anilines is 1. The van der Waals surface area contributed by atoms with E-state index in [0.717, 1.165) is 25.7 Å². The number of carbonyl (C=O) groups is 2. The lowest BCUT2D eigenvalue weighted by atomic mass is 10.2. The van der Waals surface area contributed by atoms with Crippen molar-refractivity contribution in [2.24, 2.45) is 0 Å². The summed E-state index contributed by atoms with van der Waals surface area (Å²) in [4.78, 5) is 24.3. The van der Waals surface area contributed by atoms with Crippen LogP contribution < -0.4 is 5.32 Å². The number of rotatable bonds is 6. The Morgan fingerprint density at radius 1 is 1.00 bits per heavy atom. The van der Waals surface area contributed by atoms with Gasteiger partial charge in [-0.05, 0) is 49.6 Å². The molecule has 2 aromatic rings. The largest absolute Gasteiger partial charge is 0.452 e. The van der Waals surface area contributed by atoms with E-state index in [4.69, 9.17) is 4.74 Å². The molecule has 1 heterocycles. The summed E-state index contributed by atoms with van der Waals surface area (Å²) in [7, 11) is -3.64. The van der Waals surface area contributed by atoms with Gasteiger partial charge in [-0.1, -0.05) is 37.1 Å². The number of amides is 1. The van der Waals surface area contributed by atoms with Crippen LogP contribution in [-0.2, 0) is 19.6 Å². The zero-order chi connectivity index (χ0) is 21.6. The Bertz CT molecular complexity index is 997. The Kier molecular flexibility index (Phi) is 7.23. The van der Waals surface area contributed by atoms with Crippen molar-refractivity contribution in [2.75, 3.05) is 25.0 Å². The molecule has 2 aromatic carbocycles. The summed E-state index contributed by atoms with van der Waals surface area (Å²) >= 11 is 0. The van der Waals surface area contributed by atoms with Gasteiger partial charge in [-0.25, -0.2) is 13.2 Å². The second-order valence-electron chi connectivity index (χ2n) is 7.29. The molecule has 0 bridgehead atoms. The zero-order valence-electron chi connectivity index (χ0n) is 17.0. The number of hydrogen-bond acceptors (Lipinski definition) is 5. The first-order chi connectivity index (χ1) is 14.4. The van der Waals surface area contributed by atoms with Crippen molar-refractivity contribution in [1.82, 2.24) is 4.31 Å². The maximum absolute atomic E-state index is 13.1. The molecular formula is C22H26N2O5S. The Labute approximate surface area is 177 Å². The highest BCUT2D eigenvalue weighted by atomic mass is 32.2. The number of ether oxygens (including phenoxy) is 1. The molecule has 30 heavy (non-hydrogen) atoms. The Morgan fingerprint density at radius 2 is 1.67 bits per heavy atom. The molecule has 3 rings (SSSR count). The van der Waals surface area contributed by atoms with Crippen molar-refractivity contribution in [1.29, 1.82) is 0 Å². The quantitative estimate of drug-likeness (QED) is 0.710. The minimum atomic E-state index is -3.64. The Morgan fingerprint density at radius 3 is 2.33 bits per heavy atom. The van der Waals surface area contributed by atoms with Gasteiger partial charge in [-0.3, -0.25) is 4.79 Å². The molecular weight excluding hydrogens is 404 g/mol. The molecule has 0 aliphatic carbocycles. The third-order valence-corrected chi connectivity index (χ3v) is 7.04. The van der Waals surface area contributed by atoms with E-state index in [1.54, 1.807) is 49.4 Å². The second kappa shape index (κ2) is 9.86. The van der Waals surface area contributed by atoms with E-state index in [1.165, 1.54) is 10.4 Å². The molecule has 1 aliphatic rings. The van der Waals surface area contributed by atoms with E-state index in [0.29, 0.717) is 29.9 Å². The van der Waals surface area contributed by atoms with E-state index in [2.05, 4.69) is 5.32 Å². The number of hydrogen-bond donors (Lipinski definition) is 1. The highest BCUT2D eigenvalue weighted by Crippen LogP contribution is 2.25. The highest BCUT2D eigenvalue weighted by molar-refractivity contribution is 7.89. The smallest absolute Gasteiger partial charge is 0.338 e. The molecule has 0 radical (unpaired) electrons. The fourth-order valence-corrected chi connectivity index (χ4v) is 5.13. The van der Waals surface area contributed by atoms with E-state index >= 15 is 0 Å². The number of nitrogens with one attached hydrogen (secondary N) is 1. The van der Waals surface area contributed by atoms with E-state index in [9.17, 15) is 18.0 Å². The molecule has 1 aliphatic heterocycles. The number of nitrogens with zero attached hydrogens (tertiary/aromatic N) is 1. The van der Waals surface area contributed by atoms with Crippen LogP contribution in [0.2, 0.25) is 0 Å². The van der Waals surface area contributed by atoms with E-state index < -0.39 is 28.5 Å². The van der Waals surface area contributed by atoms with Gasteiger partial charge in [0.2, 0.25) is 10.0 Å². The third kappa shape index (κ3) is 5.46. The first kappa shape index (κ1) is 22.0. The molecule has 0 saturated carbocycles. The first-order valence-electron chi connectivity index (χ1n) is 10.0. The Hall–Kier alpha value is -2.71. The standard InChI is InChI=1S/C22H26N2O5S/c1-17-11-12-19(15-20(17)30(27,28)24-13-7-2-3-8-14-24)23-21(25)16-29-22(26)18-9-5-4-6-10-18/h4-6,9-12,15H,2-3,7-8,13-14,16H2,1H3,(H,23,25). The Balaban J connectivity index is 1.67. The van der Waals surface area contributed by atoms with Crippen LogP contribution in [0.3, 0.4) is 0 Å². The van der Waals surface area contributed by atoms with Gasteiger partial charge >= 0.3 is 5.97 Å². The van der Waals surface area contributed by atoms with Gasteiger partial charge in [-0.2, -0.15) is 4.31 Å². The van der Waals surface area contributed by atoms with Crippen molar-refractivity contribution in [3.63, 3.8) is 0 Å². The van der Waals surface area contributed by atoms with Crippen molar-refractivity contribution in [3.05, 3.63) is 59.7 Å². The molecule has 0 unspecified atom stereocenters. The normalized spacial score (nSPS) is 15.2. The van der Waals surface area contributed by atoms with Crippen LogP contribution in [0.1, 0.15) is 41.6 Å². The highest BCUT2D eigenvalue weighted by Gasteiger charge is 2.27. The molecule has 160 valence electrons. The fourth-order valence-electron chi connectivity index (χ4n) is 3.36. The van der Waals surface area contributed by atoms with Crippen LogP contribution in [0.5, 0.6) is 0 Å². The van der Waals surface area contributed by atoms with Crippen LogP contribution in [-0.4, -0.2) is 44.3 Å². The van der Waals surface area contributed by atoms with Gasteiger partial charge in [0.15, 0.2) is 6.61 Å². The van der Waals surface area contributed by atoms with E-state index in [-0.39, 0.29) is 4.90 Å². The van der Waals surface area contributed by atoms with Gasteiger partial charge in [0, 0.05) is 18.8 Å². The SMILES string of the molecule is Cc1ccc(NC(=O)COC(=O)c2ccccc2)cc1S(=O)(=O)N1CCCCCC1. The maximum Gasteiger partial charge on any atom is 0.338 e. The lowest BCUT2D eigenvalue weighted by Crippen LogP contribution is -2.32. The molecule has 0 atom stereocenters. The minimum absolute atomic E-state index is 0.184. The lowest BCUT2D eigenvalue weighted by Gasteiger charge is -2.21. The molecule has 0 aromatic heterocycles. The lowest BCUT2D eigenvalue weighted by molar-refractivity contribution is -0.119. The van der Waals surface area contributed by atoms with Crippen molar-refractivity contribution >= 4 is 27.6 Å². The molecule has 0 spiro atoms. The second-order valence-corrected chi connectivity index (χ2v) is 9.20. The van der Waals surface area contributed by atoms with Crippen molar-refractivity contribution in [3.8, 4) is 0 Å². The van der Waals surface area contributed by atoms with E-state index in [1.807, 2.05) is 0 Å². The van der Waals surface area contributed by atoms with Crippen LogP contribution in [0.25, 0.3) is 0 Å². The van der Waals surface area contributed by atoms with Crippen LogP contribution in [0.15, 0.2) is 53.4 Å². The minimum Gasteiger partial charge on any atom is -0.452 e. The summed E-state index contributed by atoms with van der Waals surface area (Å²) in [5.41, 5.74) is 1.31.